The molecule has 0 aliphatic heterocycles. The van der Waals surface area contributed by atoms with Gasteiger partial charge in [0, 0.05) is 42.3 Å². The van der Waals surface area contributed by atoms with E-state index in [2.05, 4.69) is 5.32 Å². The maximum Gasteiger partial charge on any atom is 0.255 e. The van der Waals surface area contributed by atoms with Crippen molar-refractivity contribution in [2.45, 2.75) is 6.92 Å². The lowest BCUT2D eigenvalue weighted by Crippen LogP contribution is -2.14. The highest BCUT2D eigenvalue weighted by atomic mass is 19.1. The highest BCUT2D eigenvalue weighted by Gasteiger charge is 2.11. The van der Waals surface area contributed by atoms with E-state index in [1.54, 1.807) is 13.0 Å². The van der Waals surface area contributed by atoms with E-state index < -0.39 is 11.7 Å². The van der Waals surface area contributed by atoms with E-state index in [-0.39, 0.29) is 11.3 Å². The molecule has 0 atom stereocenters. The molecular formula is C16H18FN3O. The molecule has 2 aromatic rings. The summed E-state index contributed by atoms with van der Waals surface area (Å²) in [5.41, 5.74) is 8.11. The predicted molar refractivity (Wildman–Crippen MR) is 84.3 cm³/mol. The molecule has 3 N–H and O–H groups in total. The minimum atomic E-state index is -0.484. The van der Waals surface area contributed by atoms with Crippen molar-refractivity contribution in [2.24, 2.45) is 0 Å². The lowest BCUT2D eigenvalue weighted by molar-refractivity contribution is 0.102. The van der Waals surface area contributed by atoms with Crippen molar-refractivity contribution < 1.29 is 9.18 Å². The van der Waals surface area contributed by atoms with Gasteiger partial charge in [-0.3, -0.25) is 4.79 Å². The van der Waals surface area contributed by atoms with Crippen molar-refractivity contribution in [1.82, 2.24) is 0 Å². The summed E-state index contributed by atoms with van der Waals surface area (Å²) in [7, 11) is 3.83. The number of benzene rings is 2. The summed E-state index contributed by atoms with van der Waals surface area (Å²) in [6.07, 6.45) is 0. The third-order valence-corrected chi connectivity index (χ3v) is 3.27. The first-order valence-electron chi connectivity index (χ1n) is 6.53. The smallest absolute Gasteiger partial charge is 0.255 e. The Morgan fingerprint density at radius 3 is 2.57 bits per heavy atom. The lowest BCUT2D eigenvalue weighted by Gasteiger charge is -2.14. The first kappa shape index (κ1) is 14.8. The molecule has 0 radical (unpaired) electrons. The van der Waals surface area contributed by atoms with Gasteiger partial charge in [-0.05, 0) is 37.3 Å². The van der Waals surface area contributed by atoms with Gasteiger partial charge in [-0.2, -0.15) is 0 Å². The molecule has 0 saturated heterocycles. The Hall–Kier alpha value is -2.56. The highest BCUT2D eigenvalue weighted by Crippen LogP contribution is 2.20. The molecule has 4 nitrogen and oxygen atoms in total. The highest BCUT2D eigenvalue weighted by molar-refractivity contribution is 6.05. The average molecular weight is 287 g/mol. The average Bonchev–Trinajstić information content (AvgIpc) is 2.44. The molecule has 0 fully saturated rings. The van der Waals surface area contributed by atoms with Gasteiger partial charge in [0.05, 0.1) is 0 Å². The number of carbonyl (C=O) groups excluding carboxylic acids is 1. The Balaban J connectivity index is 2.24. The zero-order valence-corrected chi connectivity index (χ0v) is 12.3. The molecule has 1 amide bonds. The van der Waals surface area contributed by atoms with Crippen LogP contribution in [0.2, 0.25) is 0 Å². The SMILES string of the molecule is Cc1c(N)cc(C(=O)Nc2cccc(N(C)C)c2)cc1F. The van der Waals surface area contributed by atoms with Crippen LogP contribution < -0.4 is 16.0 Å². The van der Waals surface area contributed by atoms with Crippen molar-refractivity contribution in [3.05, 3.63) is 53.3 Å². The zero-order valence-electron chi connectivity index (χ0n) is 12.3. The number of nitrogen functional groups attached to an aromatic ring is 1. The zero-order chi connectivity index (χ0) is 15.6. The molecule has 0 spiro atoms. The van der Waals surface area contributed by atoms with Gasteiger partial charge in [0.25, 0.3) is 5.91 Å². The first-order valence-corrected chi connectivity index (χ1v) is 6.53. The van der Waals surface area contributed by atoms with Crippen LogP contribution in [0.4, 0.5) is 21.5 Å². The molecule has 2 rings (SSSR count). The van der Waals surface area contributed by atoms with Crippen molar-refractivity contribution in [3.63, 3.8) is 0 Å². The molecule has 5 heteroatoms. The van der Waals surface area contributed by atoms with Gasteiger partial charge in [-0.1, -0.05) is 6.07 Å². The van der Waals surface area contributed by atoms with Gasteiger partial charge < -0.3 is 16.0 Å². The van der Waals surface area contributed by atoms with Gasteiger partial charge in [0.1, 0.15) is 5.82 Å². The van der Waals surface area contributed by atoms with Crippen LogP contribution in [0.1, 0.15) is 15.9 Å². The van der Waals surface area contributed by atoms with E-state index in [1.807, 2.05) is 37.2 Å². The van der Waals surface area contributed by atoms with Crippen LogP contribution in [0.15, 0.2) is 36.4 Å². The number of halogens is 1. The van der Waals surface area contributed by atoms with E-state index in [0.29, 0.717) is 11.3 Å². The van der Waals surface area contributed by atoms with Crippen LogP contribution in [0.5, 0.6) is 0 Å². The fourth-order valence-corrected chi connectivity index (χ4v) is 1.90. The minimum absolute atomic E-state index is 0.200. The minimum Gasteiger partial charge on any atom is -0.398 e. The summed E-state index contributed by atoms with van der Waals surface area (Å²) in [6.45, 7) is 1.58. The summed E-state index contributed by atoms with van der Waals surface area (Å²) in [5, 5.41) is 2.74. The quantitative estimate of drug-likeness (QED) is 0.853. The number of amides is 1. The van der Waals surface area contributed by atoms with Crippen molar-refractivity contribution in [1.29, 1.82) is 0 Å². The van der Waals surface area contributed by atoms with E-state index in [1.165, 1.54) is 12.1 Å². The van der Waals surface area contributed by atoms with Gasteiger partial charge in [-0.25, -0.2) is 4.39 Å². The molecule has 0 heterocycles. The van der Waals surface area contributed by atoms with E-state index in [0.717, 1.165) is 5.69 Å². The fraction of sp³-hybridized carbons (Fsp3) is 0.188. The van der Waals surface area contributed by atoms with Crippen molar-refractivity contribution in [2.75, 3.05) is 30.0 Å². The predicted octanol–water partition coefficient (Wildman–Crippen LogP) is 3.03. The second-order valence-electron chi connectivity index (χ2n) is 5.07. The second kappa shape index (κ2) is 5.83. The standard InChI is InChI=1S/C16H18FN3O/c1-10-14(17)7-11(8-15(10)18)16(21)19-12-5-4-6-13(9-12)20(2)3/h4-9H,18H2,1-3H3,(H,19,21). The van der Waals surface area contributed by atoms with Crippen LogP contribution in [-0.2, 0) is 0 Å². The fourth-order valence-electron chi connectivity index (χ4n) is 1.90. The van der Waals surface area contributed by atoms with Crippen LogP contribution >= 0.6 is 0 Å². The molecular weight excluding hydrogens is 269 g/mol. The van der Waals surface area contributed by atoms with Gasteiger partial charge >= 0.3 is 0 Å². The Kier molecular flexibility index (Phi) is 4.12. The third-order valence-electron chi connectivity index (χ3n) is 3.27. The summed E-state index contributed by atoms with van der Waals surface area (Å²) >= 11 is 0. The number of rotatable bonds is 3. The summed E-state index contributed by atoms with van der Waals surface area (Å²) in [6, 6.07) is 10.1. The Morgan fingerprint density at radius 1 is 1.24 bits per heavy atom. The summed E-state index contributed by atoms with van der Waals surface area (Å²) in [4.78, 5) is 14.1. The summed E-state index contributed by atoms with van der Waals surface area (Å²) < 4.78 is 13.6. The van der Waals surface area contributed by atoms with Crippen LogP contribution in [0.3, 0.4) is 0 Å². The molecule has 0 aliphatic rings. The number of hydrogen-bond acceptors (Lipinski definition) is 3. The number of hydrogen-bond donors (Lipinski definition) is 2. The third kappa shape index (κ3) is 3.31. The number of nitrogens with zero attached hydrogens (tertiary/aromatic N) is 1. The van der Waals surface area contributed by atoms with Gasteiger partial charge in [0.2, 0.25) is 0 Å². The normalized spacial score (nSPS) is 10.3. The lowest BCUT2D eigenvalue weighted by atomic mass is 10.1. The molecule has 110 valence electrons. The molecule has 0 aliphatic carbocycles. The number of nitrogens with two attached hydrogens (primary N) is 1. The van der Waals surface area contributed by atoms with Crippen LogP contribution in [0, 0.1) is 12.7 Å². The topological polar surface area (TPSA) is 58.4 Å². The van der Waals surface area contributed by atoms with Crippen LogP contribution in [-0.4, -0.2) is 20.0 Å². The van der Waals surface area contributed by atoms with Gasteiger partial charge in [0.15, 0.2) is 0 Å². The van der Waals surface area contributed by atoms with E-state index >= 15 is 0 Å². The monoisotopic (exact) mass is 287 g/mol. The van der Waals surface area contributed by atoms with Crippen molar-refractivity contribution in [3.8, 4) is 0 Å². The number of carbonyl (C=O) groups is 1. The van der Waals surface area contributed by atoms with Crippen LogP contribution in [0.25, 0.3) is 0 Å². The molecule has 2 aromatic carbocycles. The number of anilines is 3. The molecule has 0 unspecified atom stereocenters. The Labute approximate surface area is 123 Å². The van der Waals surface area contributed by atoms with E-state index in [4.69, 9.17) is 5.73 Å². The first-order chi connectivity index (χ1) is 9.88. The summed E-state index contributed by atoms with van der Waals surface area (Å²) in [5.74, 6) is -0.876. The maximum absolute atomic E-state index is 13.6. The van der Waals surface area contributed by atoms with Crippen molar-refractivity contribution >= 4 is 23.0 Å². The second-order valence-corrected chi connectivity index (χ2v) is 5.07. The number of nitrogens with one attached hydrogen (secondary N) is 1. The Morgan fingerprint density at radius 2 is 1.95 bits per heavy atom. The molecule has 0 saturated carbocycles. The molecule has 0 aromatic heterocycles. The maximum atomic E-state index is 13.6. The molecule has 21 heavy (non-hydrogen) atoms. The Bertz CT molecular complexity index is 660. The van der Waals surface area contributed by atoms with E-state index in [9.17, 15) is 9.18 Å². The van der Waals surface area contributed by atoms with Gasteiger partial charge in [-0.15, -0.1) is 0 Å². The molecule has 0 bridgehead atoms. The largest absolute Gasteiger partial charge is 0.398 e.